The van der Waals surface area contributed by atoms with Crippen LogP contribution in [0.25, 0.3) is 10.6 Å². The van der Waals surface area contributed by atoms with E-state index in [0.717, 1.165) is 26.8 Å². The number of anilines is 1. The third kappa shape index (κ3) is 3.19. The number of amides is 1. The number of carbonyl (C=O) groups excluding carboxylic acids is 1. The molecular weight excluding hydrogens is 372 g/mol. The molecule has 25 heavy (non-hydrogen) atoms. The monoisotopic (exact) mass is 386 g/mol. The van der Waals surface area contributed by atoms with Crippen LogP contribution in [0, 0.1) is 6.92 Å². The summed E-state index contributed by atoms with van der Waals surface area (Å²) in [6.45, 7) is 2.01. The van der Waals surface area contributed by atoms with Gasteiger partial charge in [0.05, 0.1) is 16.3 Å². The molecule has 0 aliphatic carbocycles. The van der Waals surface area contributed by atoms with Gasteiger partial charge in [-0.1, -0.05) is 41.9 Å². The molecule has 1 aromatic heterocycles. The van der Waals surface area contributed by atoms with Crippen LogP contribution >= 0.6 is 34.7 Å². The zero-order chi connectivity index (χ0) is 17.4. The summed E-state index contributed by atoms with van der Waals surface area (Å²) in [5, 5.41) is 1.65. The topological polar surface area (TPSA) is 33.2 Å². The van der Waals surface area contributed by atoms with Gasteiger partial charge in [0.15, 0.2) is 0 Å². The summed E-state index contributed by atoms with van der Waals surface area (Å²) in [7, 11) is 0. The number of nitrogens with zero attached hydrogens (tertiary/aromatic N) is 2. The molecule has 1 saturated heterocycles. The fourth-order valence-corrected chi connectivity index (χ4v) is 5.51. The predicted octanol–water partition coefficient (Wildman–Crippen LogP) is 5.55. The van der Waals surface area contributed by atoms with E-state index in [4.69, 9.17) is 16.6 Å². The second kappa shape index (κ2) is 6.83. The minimum atomic E-state index is -0.0200. The van der Waals surface area contributed by atoms with Crippen LogP contribution in [0.15, 0.2) is 54.6 Å². The molecule has 126 valence electrons. The number of para-hydroxylation sites is 1. The van der Waals surface area contributed by atoms with Crippen molar-refractivity contribution in [3.8, 4) is 10.6 Å². The molecule has 6 heteroatoms. The van der Waals surface area contributed by atoms with Crippen molar-refractivity contribution in [1.82, 2.24) is 4.98 Å². The molecule has 1 aliphatic heterocycles. The van der Waals surface area contributed by atoms with Crippen LogP contribution in [0.1, 0.15) is 15.9 Å². The zero-order valence-corrected chi connectivity index (χ0v) is 15.9. The third-order valence-corrected chi connectivity index (χ3v) is 6.89. The van der Waals surface area contributed by atoms with E-state index >= 15 is 0 Å². The minimum Gasteiger partial charge on any atom is -0.294 e. The highest BCUT2D eigenvalue weighted by atomic mass is 35.5. The Balaban J connectivity index is 1.71. The Morgan fingerprint density at radius 2 is 1.84 bits per heavy atom. The van der Waals surface area contributed by atoms with Crippen molar-refractivity contribution >= 4 is 46.3 Å². The molecule has 1 amide bonds. The Morgan fingerprint density at radius 3 is 2.56 bits per heavy atom. The Labute approximate surface area is 159 Å². The lowest BCUT2D eigenvalue weighted by Gasteiger charge is -2.23. The van der Waals surface area contributed by atoms with Crippen LogP contribution in [0.2, 0.25) is 5.02 Å². The van der Waals surface area contributed by atoms with Gasteiger partial charge < -0.3 is 0 Å². The van der Waals surface area contributed by atoms with E-state index < -0.39 is 0 Å². The van der Waals surface area contributed by atoms with Gasteiger partial charge in [-0.25, -0.2) is 4.98 Å². The number of hydrogen-bond acceptors (Lipinski definition) is 4. The van der Waals surface area contributed by atoms with Crippen molar-refractivity contribution in [3.05, 3.63) is 70.2 Å². The van der Waals surface area contributed by atoms with Crippen molar-refractivity contribution in [2.24, 2.45) is 0 Å². The highest BCUT2D eigenvalue weighted by Crippen LogP contribution is 2.46. The second-order valence-electron chi connectivity index (χ2n) is 5.74. The number of aryl methyl sites for hydroxylation is 1. The van der Waals surface area contributed by atoms with Crippen molar-refractivity contribution < 1.29 is 4.79 Å². The van der Waals surface area contributed by atoms with E-state index in [2.05, 4.69) is 0 Å². The summed E-state index contributed by atoms with van der Waals surface area (Å²) >= 11 is 9.28. The molecule has 0 N–H and O–H groups in total. The lowest BCUT2D eigenvalue weighted by molar-refractivity contribution is -0.115. The molecule has 1 aliphatic rings. The van der Waals surface area contributed by atoms with Gasteiger partial charge >= 0.3 is 0 Å². The summed E-state index contributed by atoms with van der Waals surface area (Å²) < 4.78 is 0. The zero-order valence-electron chi connectivity index (χ0n) is 13.5. The van der Waals surface area contributed by atoms with Gasteiger partial charge in [-0.2, -0.15) is 0 Å². The van der Waals surface area contributed by atoms with Gasteiger partial charge in [0.1, 0.15) is 10.4 Å². The molecule has 0 spiro atoms. The lowest BCUT2D eigenvalue weighted by atomic mass is 10.2. The molecule has 0 radical (unpaired) electrons. The maximum absolute atomic E-state index is 12.5. The number of hydrogen-bond donors (Lipinski definition) is 0. The van der Waals surface area contributed by atoms with E-state index in [1.54, 1.807) is 23.1 Å². The first-order valence-corrected chi connectivity index (χ1v) is 10.1. The van der Waals surface area contributed by atoms with Crippen LogP contribution in [-0.4, -0.2) is 16.6 Å². The molecule has 2 heterocycles. The molecular formula is C19H15ClN2OS2. The quantitative estimate of drug-likeness (QED) is 0.591. The largest absolute Gasteiger partial charge is 0.294 e. The maximum atomic E-state index is 12.5. The average molecular weight is 387 g/mol. The summed E-state index contributed by atoms with van der Waals surface area (Å²) in [6, 6.07) is 17.5. The number of benzene rings is 2. The number of aromatic nitrogens is 1. The Hall–Kier alpha value is -1.82. The molecule has 1 unspecified atom stereocenters. The number of thioether (sulfide) groups is 1. The van der Waals surface area contributed by atoms with E-state index in [9.17, 15) is 4.79 Å². The highest BCUT2D eigenvalue weighted by Gasteiger charge is 2.36. The fourth-order valence-electron chi connectivity index (χ4n) is 2.84. The second-order valence-corrected chi connectivity index (χ2v) is 8.27. The first-order valence-electron chi connectivity index (χ1n) is 7.85. The first-order chi connectivity index (χ1) is 12.1. The molecule has 4 rings (SSSR count). The van der Waals surface area contributed by atoms with E-state index in [0.29, 0.717) is 10.8 Å². The number of halogens is 1. The van der Waals surface area contributed by atoms with Gasteiger partial charge in [-0.05, 0) is 31.2 Å². The van der Waals surface area contributed by atoms with Gasteiger partial charge in [-0.15, -0.1) is 23.1 Å². The average Bonchev–Trinajstić information content (AvgIpc) is 3.19. The molecule has 1 fully saturated rings. The van der Waals surface area contributed by atoms with Crippen molar-refractivity contribution in [2.45, 2.75) is 12.3 Å². The van der Waals surface area contributed by atoms with Gasteiger partial charge in [0, 0.05) is 16.3 Å². The van der Waals surface area contributed by atoms with E-state index in [1.807, 2.05) is 66.4 Å². The Morgan fingerprint density at radius 1 is 1.12 bits per heavy atom. The first kappa shape index (κ1) is 16.6. The molecule has 0 saturated carbocycles. The van der Waals surface area contributed by atoms with Crippen LogP contribution < -0.4 is 4.90 Å². The summed E-state index contributed by atoms with van der Waals surface area (Å²) in [4.78, 5) is 20.2. The SMILES string of the molecule is Cc1nc(-c2ccc(Cl)cc2)sc1C1SCC(=O)N1c1ccccc1. The van der Waals surface area contributed by atoms with E-state index in [1.165, 1.54) is 0 Å². The third-order valence-electron chi connectivity index (χ3n) is 4.05. The standard InChI is InChI=1S/C19H15ClN2OS2/c1-12-17(25-18(21-12)13-7-9-14(20)10-8-13)19-22(16(23)11-24-19)15-5-3-2-4-6-15/h2-10,19H,11H2,1H3. The summed E-state index contributed by atoms with van der Waals surface area (Å²) in [5.41, 5.74) is 2.95. The number of thiazole rings is 1. The smallest absolute Gasteiger partial charge is 0.238 e. The van der Waals surface area contributed by atoms with Crippen LogP contribution in [0.4, 0.5) is 5.69 Å². The Bertz CT molecular complexity index is 909. The normalized spacial score (nSPS) is 17.3. The van der Waals surface area contributed by atoms with Crippen LogP contribution in [-0.2, 0) is 4.79 Å². The maximum Gasteiger partial charge on any atom is 0.238 e. The Kier molecular flexibility index (Phi) is 4.54. The van der Waals surface area contributed by atoms with Crippen molar-refractivity contribution in [3.63, 3.8) is 0 Å². The van der Waals surface area contributed by atoms with Crippen molar-refractivity contribution in [2.75, 3.05) is 10.7 Å². The van der Waals surface area contributed by atoms with Gasteiger partial charge in [0.2, 0.25) is 5.91 Å². The molecule has 3 aromatic rings. The van der Waals surface area contributed by atoms with Crippen LogP contribution in [0.5, 0.6) is 0 Å². The highest BCUT2D eigenvalue weighted by molar-refractivity contribution is 8.01. The van der Waals surface area contributed by atoms with E-state index in [-0.39, 0.29) is 11.3 Å². The summed E-state index contributed by atoms with van der Waals surface area (Å²) in [5.74, 6) is 0.634. The van der Waals surface area contributed by atoms with Gasteiger partial charge in [-0.3, -0.25) is 9.69 Å². The number of rotatable bonds is 3. The lowest BCUT2D eigenvalue weighted by Crippen LogP contribution is -2.27. The van der Waals surface area contributed by atoms with Gasteiger partial charge in [0.25, 0.3) is 0 Å². The molecule has 1 atom stereocenters. The predicted molar refractivity (Wildman–Crippen MR) is 106 cm³/mol. The fraction of sp³-hybridized carbons (Fsp3) is 0.158. The number of carbonyl (C=O) groups is 1. The van der Waals surface area contributed by atoms with Crippen molar-refractivity contribution in [1.29, 1.82) is 0 Å². The molecule has 3 nitrogen and oxygen atoms in total. The summed E-state index contributed by atoms with van der Waals surface area (Å²) in [6.07, 6.45) is 0. The molecule has 2 aromatic carbocycles. The molecule has 0 bridgehead atoms. The van der Waals surface area contributed by atoms with Crippen LogP contribution in [0.3, 0.4) is 0 Å². The minimum absolute atomic E-state index is 0.0200.